The van der Waals surface area contributed by atoms with Crippen LogP contribution in [0.5, 0.6) is 0 Å². The van der Waals surface area contributed by atoms with E-state index in [9.17, 15) is 9.59 Å². The molecule has 6 heteroatoms. The standard InChI is InChI=1S/C11H13N3O2S/c1-2-4-13-5-3-10(15)14(11(13)16)7-9-6-12-8-17-9/h3,5-6,8H,2,4,7H2,1H3. The Balaban J connectivity index is 2.42. The van der Waals surface area contributed by atoms with Crippen LogP contribution in [0.2, 0.25) is 0 Å². The molecule has 2 rings (SSSR count). The SMILES string of the molecule is CCCn1ccc(=O)n(Cc2cncs2)c1=O. The van der Waals surface area contributed by atoms with Gasteiger partial charge in [0.25, 0.3) is 5.56 Å². The highest BCUT2D eigenvalue weighted by atomic mass is 32.1. The first-order valence-corrected chi connectivity index (χ1v) is 6.28. The lowest BCUT2D eigenvalue weighted by molar-refractivity contribution is 0.572. The summed E-state index contributed by atoms with van der Waals surface area (Å²) in [5.41, 5.74) is 1.16. The van der Waals surface area contributed by atoms with Gasteiger partial charge in [-0.05, 0) is 6.42 Å². The predicted octanol–water partition coefficient (Wildman–Crippen LogP) is 0.925. The third kappa shape index (κ3) is 2.52. The molecule has 2 heterocycles. The average Bonchev–Trinajstić information content (AvgIpc) is 2.81. The van der Waals surface area contributed by atoms with Crippen LogP contribution >= 0.6 is 11.3 Å². The van der Waals surface area contributed by atoms with E-state index < -0.39 is 0 Å². The lowest BCUT2D eigenvalue weighted by atomic mass is 10.4. The topological polar surface area (TPSA) is 56.9 Å². The number of thiazole rings is 1. The first kappa shape index (κ1) is 11.8. The molecule has 0 atom stereocenters. The summed E-state index contributed by atoms with van der Waals surface area (Å²) in [4.78, 5) is 28.5. The van der Waals surface area contributed by atoms with Gasteiger partial charge in [-0.25, -0.2) is 4.79 Å². The molecule has 2 aromatic rings. The molecule has 0 aliphatic rings. The van der Waals surface area contributed by atoms with Crippen molar-refractivity contribution >= 4 is 11.3 Å². The Bertz CT molecular complexity index is 598. The number of nitrogens with zero attached hydrogens (tertiary/aromatic N) is 3. The summed E-state index contributed by atoms with van der Waals surface area (Å²) in [6.45, 7) is 2.92. The number of rotatable bonds is 4. The molecule has 0 amide bonds. The fourth-order valence-corrected chi connectivity index (χ4v) is 2.17. The Morgan fingerprint density at radius 2 is 2.24 bits per heavy atom. The predicted molar refractivity (Wildman–Crippen MR) is 66.5 cm³/mol. The summed E-state index contributed by atoms with van der Waals surface area (Å²) < 4.78 is 2.80. The molecule has 0 aromatic carbocycles. The highest BCUT2D eigenvalue weighted by Gasteiger charge is 2.06. The molecule has 0 radical (unpaired) electrons. The summed E-state index contributed by atoms with van der Waals surface area (Å²) >= 11 is 1.44. The molecule has 17 heavy (non-hydrogen) atoms. The maximum Gasteiger partial charge on any atom is 0.331 e. The fourth-order valence-electron chi connectivity index (χ4n) is 1.59. The molecule has 2 aromatic heterocycles. The van der Waals surface area contributed by atoms with Crippen LogP contribution in [0.25, 0.3) is 0 Å². The molecule has 0 saturated heterocycles. The molecule has 0 fully saturated rings. The van der Waals surface area contributed by atoms with E-state index in [0.717, 1.165) is 11.3 Å². The third-order valence-corrected chi connectivity index (χ3v) is 3.17. The zero-order chi connectivity index (χ0) is 12.3. The second-order valence-electron chi connectivity index (χ2n) is 3.68. The minimum atomic E-state index is -0.268. The number of aryl methyl sites for hydroxylation is 1. The number of aromatic nitrogens is 3. The normalized spacial score (nSPS) is 10.6. The second kappa shape index (κ2) is 5.09. The van der Waals surface area contributed by atoms with Gasteiger partial charge in [-0.2, -0.15) is 0 Å². The van der Waals surface area contributed by atoms with Crippen LogP contribution in [0.1, 0.15) is 18.2 Å². The summed E-state index contributed by atoms with van der Waals surface area (Å²) in [5.74, 6) is 0. The Morgan fingerprint density at radius 3 is 2.88 bits per heavy atom. The maximum atomic E-state index is 12.0. The van der Waals surface area contributed by atoms with Crippen molar-refractivity contribution in [2.45, 2.75) is 26.4 Å². The van der Waals surface area contributed by atoms with Crippen LogP contribution in [0.4, 0.5) is 0 Å². The van der Waals surface area contributed by atoms with E-state index in [1.54, 1.807) is 22.5 Å². The van der Waals surface area contributed by atoms with E-state index in [1.165, 1.54) is 22.0 Å². The van der Waals surface area contributed by atoms with Crippen molar-refractivity contribution in [1.29, 1.82) is 0 Å². The molecule has 90 valence electrons. The van der Waals surface area contributed by atoms with Crippen LogP contribution in [0.15, 0.2) is 33.6 Å². The van der Waals surface area contributed by atoms with Gasteiger partial charge in [0.15, 0.2) is 0 Å². The van der Waals surface area contributed by atoms with Gasteiger partial charge >= 0.3 is 5.69 Å². The first-order chi connectivity index (χ1) is 8.22. The highest BCUT2D eigenvalue weighted by molar-refractivity contribution is 7.09. The number of hydrogen-bond donors (Lipinski definition) is 0. The van der Waals surface area contributed by atoms with Gasteiger partial charge < -0.3 is 4.57 Å². The van der Waals surface area contributed by atoms with Crippen molar-refractivity contribution in [3.8, 4) is 0 Å². The summed E-state index contributed by atoms with van der Waals surface area (Å²) in [6, 6.07) is 1.43. The van der Waals surface area contributed by atoms with Crippen LogP contribution in [0, 0.1) is 0 Å². The van der Waals surface area contributed by atoms with Crippen LogP contribution < -0.4 is 11.2 Å². The van der Waals surface area contributed by atoms with Gasteiger partial charge in [-0.3, -0.25) is 14.3 Å². The Labute approximate surface area is 102 Å². The summed E-state index contributed by atoms with van der Waals surface area (Å²) in [5, 5.41) is 0. The van der Waals surface area contributed by atoms with E-state index >= 15 is 0 Å². The summed E-state index contributed by atoms with van der Waals surface area (Å²) in [7, 11) is 0. The van der Waals surface area contributed by atoms with Crippen LogP contribution in [0.3, 0.4) is 0 Å². The van der Waals surface area contributed by atoms with Crippen molar-refractivity contribution in [3.05, 3.63) is 49.7 Å². The Morgan fingerprint density at radius 1 is 1.41 bits per heavy atom. The quantitative estimate of drug-likeness (QED) is 0.812. The lowest BCUT2D eigenvalue weighted by Gasteiger charge is -2.07. The zero-order valence-electron chi connectivity index (χ0n) is 9.50. The van der Waals surface area contributed by atoms with E-state index in [1.807, 2.05) is 6.92 Å². The first-order valence-electron chi connectivity index (χ1n) is 5.40. The molecular formula is C11H13N3O2S. The molecule has 0 aliphatic carbocycles. The molecular weight excluding hydrogens is 238 g/mol. The van der Waals surface area contributed by atoms with Gasteiger partial charge in [0.05, 0.1) is 12.1 Å². The summed E-state index contributed by atoms with van der Waals surface area (Å²) in [6.07, 6.45) is 4.09. The Hall–Kier alpha value is -1.69. The zero-order valence-corrected chi connectivity index (χ0v) is 10.3. The van der Waals surface area contributed by atoms with Crippen molar-refractivity contribution < 1.29 is 0 Å². The molecule has 0 spiro atoms. The molecule has 0 aliphatic heterocycles. The average molecular weight is 251 g/mol. The minimum Gasteiger partial charge on any atom is -0.300 e. The largest absolute Gasteiger partial charge is 0.331 e. The molecule has 0 saturated carbocycles. The smallest absolute Gasteiger partial charge is 0.300 e. The van der Waals surface area contributed by atoms with E-state index in [0.29, 0.717) is 13.1 Å². The molecule has 0 N–H and O–H groups in total. The van der Waals surface area contributed by atoms with E-state index in [2.05, 4.69) is 4.98 Å². The van der Waals surface area contributed by atoms with Gasteiger partial charge in [0.1, 0.15) is 0 Å². The van der Waals surface area contributed by atoms with Crippen molar-refractivity contribution in [1.82, 2.24) is 14.1 Å². The molecule has 0 bridgehead atoms. The van der Waals surface area contributed by atoms with Crippen molar-refractivity contribution in [3.63, 3.8) is 0 Å². The second-order valence-corrected chi connectivity index (χ2v) is 4.65. The van der Waals surface area contributed by atoms with Crippen molar-refractivity contribution in [2.24, 2.45) is 0 Å². The third-order valence-electron chi connectivity index (χ3n) is 2.40. The van der Waals surface area contributed by atoms with E-state index in [-0.39, 0.29) is 11.2 Å². The van der Waals surface area contributed by atoms with Crippen LogP contribution in [-0.4, -0.2) is 14.1 Å². The van der Waals surface area contributed by atoms with Crippen LogP contribution in [-0.2, 0) is 13.1 Å². The number of hydrogen-bond acceptors (Lipinski definition) is 4. The van der Waals surface area contributed by atoms with Crippen molar-refractivity contribution in [2.75, 3.05) is 0 Å². The maximum absolute atomic E-state index is 12.0. The van der Waals surface area contributed by atoms with Gasteiger partial charge in [-0.15, -0.1) is 11.3 Å². The minimum absolute atomic E-state index is 0.257. The fraction of sp³-hybridized carbons (Fsp3) is 0.364. The van der Waals surface area contributed by atoms with Gasteiger partial charge in [0, 0.05) is 29.9 Å². The van der Waals surface area contributed by atoms with Gasteiger partial charge in [0.2, 0.25) is 0 Å². The highest BCUT2D eigenvalue weighted by Crippen LogP contribution is 2.05. The van der Waals surface area contributed by atoms with Gasteiger partial charge in [-0.1, -0.05) is 6.92 Å². The Kier molecular flexibility index (Phi) is 3.53. The molecule has 0 unspecified atom stereocenters. The van der Waals surface area contributed by atoms with E-state index in [4.69, 9.17) is 0 Å². The molecule has 5 nitrogen and oxygen atoms in total. The monoisotopic (exact) mass is 251 g/mol. The lowest BCUT2D eigenvalue weighted by Crippen LogP contribution is -2.39.